The van der Waals surface area contributed by atoms with E-state index in [2.05, 4.69) is 0 Å². The lowest BCUT2D eigenvalue weighted by molar-refractivity contribution is 0.111. The first kappa shape index (κ1) is 10.7. The summed E-state index contributed by atoms with van der Waals surface area (Å²) in [6, 6.07) is 8.03. The van der Waals surface area contributed by atoms with Crippen LogP contribution >= 0.6 is 0 Å². The van der Waals surface area contributed by atoms with Gasteiger partial charge in [-0.05, 0) is 29.9 Å². The van der Waals surface area contributed by atoms with Crippen LogP contribution in [0, 0.1) is 5.92 Å². The molecule has 0 aliphatic heterocycles. The van der Waals surface area contributed by atoms with Crippen molar-refractivity contribution >= 4 is 0 Å². The van der Waals surface area contributed by atoms with E-state index in [0.29, 0.717) is 12.5 Å². The van der Waals surface area contributed by atoms with E-state index >= 15 is 0 Å². The van der Waals surface area contributed by atoms with Gasteiger partial charge in [0.2, 0.25) is 0 Å². The Morgan fingerprint density at radius 3 is 2.33 bits per heavy atom. The van der Waals surface area contributed by atoms with Crippen LogP contribution < -0.4 is 5.73 Å². The van der Waals surface area contributed by atoms with E-state index in [1.54, 1.807) is 0 Å². The molecule has 0 saturated heterocycles. The van der Waals surface area contributed by atoms with Crippen LogP contribution in [0.1, 0.15) is 42.9 Å². The van der Waals surface area contributed by atoms with Gasteiger partial charge >= 0.3 is 0 Å². The summed E-state index contributed by atoms with van der Waals surface area (Å²) in [5.41, 5.74) is 7.70. The quantitative estimate of drug-likeness (QED) is 0.795. The molecular formula is C13H19NO. The molecule has 82 valence electrons. The summed E-state index contributed by atoms with van der Waals surface area (Å²) in [7, 11) is 0. The molecule has 1 unspecified atom stereocenters. The third kappa shape index (κ3) is 2.39. The average Bonchev–Trinajstić information content (AvgIpc) is 2.82. The Hall–Kier alpha value is -0.860. The molecule has 15 heavy (non-hydrogen) atoms. The first-order chi connectivity index (χ1) is 7.31. The normalized spacial score (nSPS) is 19.3. The highest BCUT2D eigenvalue weighted by Crippen LogP contribution is 2.35. The number of aliphatic hydroxyl groups excluding tert-OH is 1. The lowest BCUT2D eigenvalue weighted by atomic mass is 9.94. The Bertz CT molecular complexity index is 301. The van der Waals surface area contributed by atoms with Crippen molar-refractivity contribution in [3.63, 3.8) is 0 Å². The van der Waals surface area contributed by atoms with E-state index in [4.69, 9.17) is 5.73 Å². The van der Waals surface area contributed by atoms with Gasteiger partial charge in [0.05, 0.1) is 6.10 Å². The van der Waals surface area contributed by atoms with Crippen molar-refractivity contribution in [1.82, 2.24) is 0 Å². The van der Waals surface area contributed by atoms with E-state index in [0.717, 1.165) is 11.1 Å². The third-order valence-electron chi connectivity index (χ3n) is 3.40. The second-order valence-electron chi connectivity index (χ2n) is 4.44. The maximum absolute atomic E-state index is 10.2. The largest absolute Gasteiger partial charge is 0.388 e. The molecule has 1 aliphatic rings. The highest BCUT2D eigenvalue weighted by molar-refractivity contribution is 5.24. The summed E-state index contributed by atoms with van der Waals surface area (Å²) in [5, 5.41) is 10.2. The fourth-order valence-corrected chi connectivity index (χ4v) is 2.40. The molecule has 1 aliphatic carbocycles. The Morgan fingerprint density at radius 1 is 1.20 bits per heavy atom. The predicted octanol–water partition coefficient (Wildman–Crippen LogP) is 2.37. The Labute approximate surface area is 91.1 Å². The van der Waals surface area contributed by atoms with Gasteiger partial charge in [-0.3, -0.25) is 0 Å². The van der Waals surface area contributed by atoms with Gasteiger partial charge in [0.1, 0.15) is 0 Å². The van der Waals surface area contributed by atoms with Crippen molar-refractivity contribution in [3.8, 4) is 0 Å². The lowest BCUT2D eigenvalue weighted by Crippen LogP contribution is -2.09. The van der Waals surface area contributed by atoms with Crippen LogP contribution in [0.5, 0.6) is 0 Å². The summed E-state index contributed by atoms with van der Waals surface area (Å²) in [6.07, 6.45) is 4.59. The van der Waals surface area contributed by atoms with Crippen LogP contribution in [-0.4, -0.2) is 5.11 Å². The topological polar surface area (TPSA) is 46.2 Å². The molecule has 3 N–H and O–H groups in total. The molecule has 2 heteroatoms. The Balaban J connectivity index is 2.07. The molecule has 0 heterocycles. The maximum atomic E-state index is 10.2. The third-order valence-corrected chi connectivity index (χ3v) is 3.40. The summed E-state index contributed by atoms with van der Waals surface area (Å²) < 4.78 is 0. The minimum Gasteiger partial charge on any atom is -0.388 e. The molecule has 1 aromatic rings. The van der Waals surface area contributed by atoms with Crippen molar-refractivity contribution in [2.24, 2.45) is 11.7 Å². The van der Waals surface area contributed by atoms with E-state index in [9.17, 15) is 5.11 Å². The van der Waals surface area contributed by atoms with Gasteiger partial charge in [0, 0.05) is 6.54 Å². The van der Waals surface area contributed by atoms with Crippen molar-refractivity contribution in [2.75, 3.05) is 0 Å². The second kappa shape index (κ2) is 4.77. The standard InChI is InChI=1S/C13H19NO/c14-9-10-5-7-12(8-6-10)13(15)11-3-1-2-4-11/h5-8,11,13,15H,1-4,9,14H2. The van der Waals surface area contributed by atoms with Gasteiger partial charge in [-0.1, -0.05) is 37.1 Å². The molecule has 2 nitrogen and oxygen atoms in total. The Morgan fingerprint density at radius 2 is 1.80 bits per heavy atom. The number of nitrogens with two attached hydrogens (primary N) is 1. The molecule has 1 atom stereocenters. The second-order valence-corrected chi connectivity index (χ2v) is 4.44. The number of hydrogen-bond donors (Lipinski definition) is 2. The molecule has 0 radical (unpaired) electrons. The van der Waals surface area contributed by atoms with Crippen molar-refractivity contribution in [1.29, 1.82) is 0 Å². The zero-order valence-electron chi connectivity index (χ0n) is 9.02. The Kier molecular flexibility index (Phi) is 3.39. The van der Waals surface area contributed by atoms with Gasteiger partial charge in [-0.2, -0.15) is 0 Å². The van der Waals surface area contributed by atoms with E-state index in [1.807, 2.05) is 24.3 Å². The summed E-state index contributed by atoms with van der Waals surface area (Å²) in [4.78, 5) is 0. The maximum Gasteiger partial charge on any atom is 0.0818 e. The van der Waals surface area contributed by atoms with E-state index in [1.165, 1.54) is 25.7 Å². The molecule has 0 amide bonds. The summed E-state index contributed by atoms with van der Waals surface area (Å²) >= 11 is 0. The van der Waals surface area contributed by atoms with Crippen LogP contribution in [0.25, 0.3) is 0 Å². The fourth-order valence-electron chi connectivity index (χ4n) is 2.40. The molecule has 1 aromatic carbocycles. The smallest absolute Gasteiger partial charge is 0.0818 e. The van der Waals surface area contributed by atoms with Gasteiger partial charge in [0.15, 0.2) is 0 Å². The molecule has 1 saturated carbocycles. The SMILES string of the molecule is NCc1ccc(C(O)C2CCCC2)cc1. The number of rotatable bonds is 3. The molecular weight excluding hydrogens is 186 g/mol. The minimum absolute atomic E-state index is 0.278. The molecule has 0 spiro atoms. The van der Waals surface area contributed by atoms with Gasteiger partial charge in [0.25, 0.3) is 0 Å². The molecule has 0 aromatic heterocycles. The van der Waals surface area contributed by atoms with Crippen LogP contribution in [0.2, 0.25) is 0 Å². The van der Waals surface area contributed by atoms with Crippen molar-refractivity contribution in [2.45, 2.75) is 38.3 Å². The summed E-state index contributed by atoms with van der Waals surface area (Å²) in [6.45, 7) is 0.569. The zero-order valence-corrected chi connectivity index (χ0v) is 9.02. The highest BCUT2D eigenvalue weighted by atomic mass is 16.3. The number of benzene rings is 1. The first-order valence-corrected chi connectivity index (χ1v) is 5.78. The van der Waals surface area contributed by atoms with Crippen LogP contribution in [0.4, 0.5) is 0 Å². The van der Waals surface area contributed by atoms with E-state index in [-0.39, 0.29) is 6.10 Å². The monoisotopic (exact) mass is 205 g/mol. The van der Waals surface area contributed by atoms with Crippen molar-refractivity contribution in [3.05, 3.63) is 35.4 Å². The predicted molar refractivity (Wildman–Crippen MR) is 61.3 cm³/mol. The zero-order chi connectivity index (χ0) is 10.7. The van der Waals surface area contributed by atoms with Crippen molar-refractivity contribution < 1.29 is 5.11 Å². The minimum atomic E-state index is -0.278. The number of aliphatic hydroxyl groups is 1. The molecule has 1 fully saturated rings. The summed E-state index contributed by atoms with van der Waals surface area (Å²) in [5.74, 6) is 0.466. The fraction of sp³-hybridized carbons (Fsp3) is 0.538. The lowest BCUT2D eigenvalue weighted by Gasteiger charge is -2.18. The first-order valence-electron chi connectivity index (χ1n) is 5.78. The number of hydrogen-bond acceptors (Lipinski definition) is 2. The van der Waals surface area contributed by atoms with Gasteiger partial charge in [-0.15, -0.1) is 0 Å². The molecule has 2 rings (SSSR count). The average molecular weight is 205 g/mol. The highest BCUT2D eigenvalue weighted by Gasteiger charge is 2.24. The van der Waals surface area contributed by atoms with Gasteiger partial charge in [-0.25, -0.2) is 0 Å². The molecule has 0 bridgehead atoms. The van der Waals surface area contributed by atoms with Gasteiger partial charge < -0.3 is 10.8 Å². The van der Waals surface area contributed by atoms with Crippen LogP contribution in [-0.2, 0) is 6.54 Å². The van der Waals surface area contributed by atoms with Crippen LogP contribution in [0.3, 0.4) is 0 Å². The van der Waals surface area contributed by atoms with E-state index < -0.39 is 0 Å². The van der Waals surface area contributed by atoms with Crippen LogP contribution in [0.15, 0.2) is 24.3 Å².